The molecule has 2 aliphatic rings. The van der Waals surface area contributed by atoms with Crippen LogP contribution in [-0.2, 0) is 6.42 Å². The van der Waals surface area contributed by atoms with Gasteiger partial charge in [-0.15, -0.1) is 0 Å². The number of piperidine rings is 1. The summed E-state index contributed by atoms with van der Waals surface area (Å²) in [7, 11) is 0. The number of hydrogen-bond donors (Lipinski definition) is 0. The van der Waals surface area contributed by atoms with Crippen molar-refractivity contribution in [2.75, 3.05) is 39.3 Å². The summed E-state index contributed by atoms with van der Waals surface area (Å²) in [5, 5.41) is 0. The normalized spacial score (nSPS) is 19.3. The van der Waals surface area contributed by atoms with Crippen molar-refractivity contribution >= 4 is 5.57 Å². The Labute approximate surface area is 221 Å². The summed E-state index contributed by atoms with van der Waals surface area (Å²) in [6.45, 7) is 13.4. The fourth-order valence-corrected chi connectivity index (χ4v) is 5.34. The fourth-order valence-electron chi connectivity index (χ4n) is 5.34. The lowest BCUT2D eigenvalue weighted by atomic mass is 9.87. The minimum Gasteiger partial charge on any atom is -0.303 e. The van der Waals surface area contributed by atoms with E-state index >= 15 is 0 Å². The molecular formula is C31H44F4N2. The van der Waals surface area contributed by atoms with E-state index in [1.165, 1.54) is 32.3 Å². The standard InChI is InChI=1S/C31H44F4N2/c1-5-25(10-11-26-14-20-37(21-15-26)23-30(3,4)31(33,34)35)9-8-24(2)28-13-12-27(22-29(28)32)16-19-36-17-6-7-18-36/h5,8-9,12-13,22,26H,2,6-7,10-11,14-21,23H2,1,3-4H3/b9-8-,25-5+. The Morgan fingerprint density at radius 1 is 1.03 bits per heavy atom. The molecule has 0 bridgehead atoms. The molecule has 0 aliphatic carbocycles. The van der Waals surface area contributed by atoms with E-state index in [1.54, 1.807) is 6.07 Å². The maximum atomic E-state index is 14.8. The molecule has 1 aromatic carbocycles. The molecule has 6 heteroatoms. The Hall–Kier alpha value is -1.92. The van der Waals surface area contributed by atoms with Gasteiger partial charge in [-0.1, -0.05) is 42.5 Å². The zero-order chi connectivity index (χ0) is 27.1. The minimum absolute atomic E-state index is 0.0597. The first-order valence-electron chi connectivity index (χ1n) is 13.8. The maximum Gasteiger partial charge on any atom is 0.395 e. The van der Waals surface area contributed by atoms with Crippen molar-refractivity contribution < 1.29 is 17.6 Å². The molecule has 0 unspecified atom stereocenters. The molecule has 2 nitrogen and oxygen atoms in total. The molecule has 0 N–H and O–H groups in total. The van der Waals surface area contributed by atoms with Gasteiger partial charge in [0.1, 0.15) is 5.82 Å². The van der Waals surface area contributed by atoms with Gasteiger partial charge in [-0.2, -0.15) is 13.2 Å². The second-order valence-electron chi connectivity index (χ2n) is 11.5. The first-order chi connectivity index (χ1) is 17.5. The van der Waals surface area contributed by atoms with Crippen LogP contribution in [0.4, 0.5) is 17.6 Å². The molecule has 0 saturated carbocycles. The molecule has 206 valence electrons. The van der Waals surface area contributed by atoms with Crippen LogP contribution in [-0.4, -0.2) is 55.2 Å². The topological polar surface area (TPSA) is 6.48 Å². The van der Waals surface area contributed by atoms with Gasteiger partial charge >= 0.3 is 6.18 Å². The summed E-state index contributed by atoms with van der Waals surface area (Å²) in [6.07, 6.45) is 8.94. The largest absolute Gasteiger partial charge is 0.395 e. The summed E-state index contributed by atoms with van der Waals surface area (Å²) < 4.78 is 54.4. The number of halogens is 4. The van der Waals surface area contributed by atoms with Gasteiger partial charge in [0.05, 0.1) is 5.41 Å². The zero-order valence-corrected chi connectivity index (χ0v) is 22.8. The summed E-state index contributed by atoms with van der Waals surface area (Å²) in [4.78, 5) is 4.39. The molecule has 1 aromatic rings. The van der Waals surface area contributed by atoms with E-state index in [2.05, 4.69) is 17.6 Å². The van der Waals surface area contributed by atoms with E-state index in [0.717, 1.165) is 70.4 Å². The van der Waals surface area contributed by atoms with Crippen LogP contribution in [0.15, 0.2) is 48.6 Å². The predicted octanol–water partition coefficient (Wildman–Crippen LogP) is 8.06. The first-order valence-corrected chi connectivity index (χ1v) is 13.8. The Morgan fingerprint density at radius 2 is 1.70 bits per heavy atom. The Balaban J connectivity index is 1.44. The van der Waals surface area contributed by atoms with Crippen LogP contribution in [0.1, 0.15) is 70.4 Å². The summed E-state index contributed by atoms with van der Waals surface area (Å²) in [6, 6.07) is 5.49. The number of likely N-dealkylation sites (tertiary alicyclic amines) is 2. The number of rotatable bonds is 11. The smallest absolute Gasteiger partial charge is 0.303 e. The highest BCUT2D eigenvalue weighted by Gasteiger charge is 2.48. The Kier molecular flexibility index (Phi) is 10.6. The molecule has 2 saturated heterocycles. The summed E-state index contributed by atoms with van der Waals surface area (Å²) in [5.41, 5.74) is 1.70. The number of alkyl halides is 3. The van der Waals surface area contributed by atoms with Crippen molar-refractivity contribution in [1.29, 1.82) is 0 Å². The van der Waals surface area contributed by atoms with Gasteiger partial charge < -0.3 is 9.80 Å². The van der Waals surface area contributed by atoms with Crippen molar-refractivity contribution in [1.82, 2.24) is 9.80 Å². The Bertz CT molecular complexity index is 946. The lowest BCUT2D eigenvalue weighted by Gasteiger charge is -2.38. The van der Waals surface area contributed by atoms with Crippen molar-refractivity contribution in [2.24, 2.45) is 11.3 Å². The second-order valence-corrected chi connectivity index (χ2v) is 11.5. The molecule has 3 rings (SSSR count). The average molecular weight is 521 g/mol. The minimum atomic E-state index is -4.18. The third kappa shape index (κ3) is 8.81. The van der Waals surface area contributed by atoms with Crippen LogP contribution >= 0.6 is 0 Å². The molecule has 2 fully saturated rings. The van der Waals surface area contributed by atoms with Crippen LogP contribution in [0.5, 0.6) is 0 Å². The van der Waals surface area contributed by atoms with Gasteiger partial charge in [0.2, 0.25) is 0 Å². The lowest BCUT2D eigenvalue weighted by Crippen LogP contribution is -2.46. The van der Waals surface area contributed by atoms with E-state index in [4.69, 9.17) is 0 Å². The van der Waals surface area contributed by atoms with Crippen LogP contribution in [0.3, 0.4) is 0 Å². The van der Waals surface area contributed by atoms with Crippen molar-refractivity contribution in [3.05, 3.63) is 65.5 Å². The lowest BCUT2D eigenvalue weighted by molar-refractivity contribution is -0.217. The van der Waals surface area contributed by atoms with E-state index in [0.29, 0.717) is 17.1 Å². The van der Waals surface area contributed by atoms with Gasteiger partial charge in [0.25, 0.3) is 0 Å². The van der Waals surface area contributed by atoms with E-state index in [1.807, 2.05) is 36.1 Å². The average Bonchev–Trinajstić information content (AvgIpc) is 3.36. The third-order valence-electron chi connectivity index (χ3n) is 8.10. The monoisotopic (exact) mass is 520 g/mol. The molecule has 37 heavy (non-hydrogen) atoms. The number of hydrogen-bond acceptors (Lipinski definition) is 2. The number of allylic oxidation sites excluding steroid dienone is 5. The highest BCUT2D eigenvalue weighted by atomic mass is 19.4. The van der Waals surface area contributed by atoms with Gasteiger partial charge in [-0.05, 0) is 115 Å². The molecule has 0 atom stereocenters. The fraction of sp³-hybridized carbons (Fsp3) is 0.613. The predicted molar refractivity (Wildman–Crippen MR) is 146 cm³/mol. The van der Waals surface area contributed by atoms with Crippen LogP contribution in [0.25, 0.3) is 5.57 Å². The molecule has 2 heterocycles. The zero-order valence-electron chi connectivity index (χ0n) is 22.8. The second kappa shape index (κ2) is 13.2. The molecule has 0 spiro atoms. The maximum absolute atomic E-state index is 14.8. The number of nitrogens with zero attached hydrogens (tertiary/aromatic N) is 2. The van der Waals surface area contributed by atoms with Crippen LogP contribution in [0, 0.1) is 17.2 Å². The number of benzene rings is 1. The SMILES string of the molecule is C=C(/C=C\C(=C/C)CCC1CCN(CC(C)(C)C(F)(F)F)CC1)c1ccc(CCN2CCCC2)cc1F. The van der Waals surface area contributed by atoms with E-state index < -0.39 is 11.6 Å². The quantitative estimate of drug-likeness (QED) is 0.215. The van der Waals surface area contributed by atoms with Gasteiger partial charge in [-0.3, -0.25) is 0 Å². The van der Waals surface area contributed by atoms with Gasteiger partial charge in [0, 0.05) is 18.7 Å². The molecule has 0 amide bonds. The molecule has 0 radical (unpaired) electrons. The van der Waals surface area contributed by atoms with Crippen LogP contribution < -0.4 is 0 Å². The van der Waals surface area contributed by atoms with E-state index in [9.17, 15) is 17.6 Å². The van der Waals surface area contributed by atoms with Crippen molar-refractivity contribution in [3.8, 4) is 0 Å². The Morgan fingerprint density at radius 3 is 2.30 bits per heavy atom. The third-order valence-corrected chi connectivity index (χ3v) is 8.10. The molecular weight excluding hydrogens is 476 g/mol. The van der Waals surface area contributed by atoms with Crippen molar-refractivity contribution in [2.45, 2.75) is 71.9 Å². The van der Waals surface area contributed by atoms with Gasteiger partial charge in [-0.25, -0.2) is 4.39 Å². The molecule has 0 aromatic heterocycles. The highest BCUT2D eigenvalue weighted by Crippen LogP contribution is 2.39. The van der Waals surface area contributed by atoms with Crippen LogP contribution in [0.2, 0.25) is 0 Å². The molecule has 2 aliphatic heterocycles. The summed E-state index contributed by atoms with van der Waals surface area (Å²) >= 11 is 0. The highest BCUT2D eigenvalue weighted by molar-refractivity contribution is 5.73. The van der Waals surface area contributed by atoms with E-state index in [-0.39, 0.29) is 12.4 Å². The summed E-state index contributed by atoms with van der Waals surface area (Å²) in [5.74, 6) is 0.290. The first kappa shape index (κ1) is 29.6. The van der Waals surface area contributed by atoms with Crippen molar-refractivity contribution in [3.63, 3.8) is 0 Å². The van der Waals surface area contributed by atoms with Gasteiger partial charge in [0.15, 0.2) is 0 Å².